The number of phenols is 1. The van der Waals surface area contributed by atoms with Crippen molar-refractivity contribution >= 4 is 11.7 Å². The summed E-state index contributed by atoms with van der Waals surface area (Å²) < 4.78 is 4.81. The second-order valence-corrected chi connectivity index (χ2v) is 3.43. The first-order chi connectivity index (χ1) is 7.65. The van der Waals surface area contributed by atoms with E-state index < -0.39 is 0 Å². The quantitative estimate of drug-likeness (QED) is 0.750. The van der Waals surface area contributed by atoms with Crippen LogP contribution in [-0.2, 0) is 9.53 Å². The van der Waals surface area contributed by atoms with Crippen molar-refractivity contribution in [2.24, 2.45) is 0 Å². The second kappa shape index (κ2) is 6.00. The summed E-state index contributed by atoms with van der Waals surface area (Å²) in [7, 11) is 0. The van der Waals surface area contributed by atoms with Gasteiger partial charge in [-0.25, -0.2) is 0 Å². The van der Waals surface area contributed by atoms with Crippen LogP contribution in [0.3, 0.4) is 0 Å². The molecule has 0 aliphatic carbocycles. The summed E-state index contributed by atoms with van der Waals surface area (Å²) >= 11 is 0. The molecule has 0 saturated carbocycles. The summed E-state index contributed by atoms with van der Waals surface area (Å²) in [6, 6.07) is 5.25. The Morgan fingerprint density at radius 3 is 2.94 bits per heavy atom. The maximum Gasteiger partial charge on any atom is 0.307 e. The van der Waals surface area contributed by atoms with Crippen LogP contribution in [0, 0.1) is 6.92 Å². The maximum absolute atomic E-state index is 11.1. The van der Waals surface area contributed by atoms with Crippen LogP contribution in [0.2, 0.25) is 0 Å². The summed E-state index contributed by atoms with van der Waals surface area (Å²) in [5.74, 6) is 0.0361. The van der Waals surface area contributed by atoms with Gasteiger partial charge in [-0.05, 0) is 26.0 Å². The lowest BCUT2D eigenvalue weighted by Crippen LogP contribution is -2.11. The van der Waals surface area contributed by atoms with Gasteiger partial charge < -0.3 is 15.2 Å². The molecule has 88 valence electrons. The van der Waals surface area contributed by atoms with E-state index in [0.717, 1.165) is 11.3 Å². The predicted molar refractivity (Wildman–Crippen MR) is 62.6 cm³/mol. The number of nitrogens with one attached hydrogen (secondary N) is 1. The molecule has 4 nitrogen and oxygen atoms in total. The fourth-order valence-electron chi connectivity index (χ4n) is 1.35. The number of rotatable bonds is 5. The molecule has 0 radical (unpaired) electrons. The average molecular weight is 223 g/mol. The molecule has 0 bridgehead atoms. The first kappa shape index (κ1) is 12.4. The standard InChI is InChI=1S/C12H17NO3/c1-3-16-12(15)7-8-13-10-5-4-6-11(14)9(10)2/h4-6,13-14H,3,7-8H2,1-2H3. The Morgan fingerprint density at radius 1 is 1.50 bits per heavy atom. The Hall–Kier alpha value is -1.71. The molecule has 0 aliphatic rings. The smallest absolute Gasteiger partial charge is 0.307 e. The van der Waals surface area contributed by atoms with Crippen molar-refractivity contribution in [2.75, 3.05) is 18.5 Å². The number of hydrogen-bond donors (Lipinski definition) is 2. The fraction of sp³-hybridized carbons (Fsp3) is 0.417. The third-order valence-electron chi connectivity index (χ3n) is 2.26. The van der Waals surface area contributed by atoms with Crippen LogP contribution in [0.15, 0.2) is 18.2 Å². The van der Waals surface area contributed by atoms with Gasteiger partial charge in [-0.3, -0.25) is 4.79 Å². The number of carbonyl (C=O) groups is 1. The zero-order chi connectivity index (χ0) is 12.0. The monoisotopic (exact) mass is 223 g/mol. The summed E-state index contributed by atoms with van der Waals surface area (Å²) in [4.78, 5) is 11.1. The predicted octanol–water partition coefficient (Wildman–Crippen LogP) is 2.07. The van der Waals surface area contributed by atoms with E-state index >= 15 is 0 Å². The highest BCUT2D eigenvalue weighted by Crippen LogP contribution is 2.23. The minimum Gasteiger partial charge on any atom is -0.508 e. The molecule has 0 spiro atoms. The number of ether oxygens (including phenoxy) is 1. The van der Waals surface area contributed by atoms with Crippen molar-refractivity contribution in [2.45, 2.75) is 20.3 Å². The molecule has 0 heterocycles. The molecule has 0 fully saturated rings. The Morgan fingerprint density at radius 2 is 2.25 bits per heavy atom. The number of anilines is 1. The second-order valence-electron chi connectivity index (χ2n) is 3.43. The average Bonchev–Trinajstić information content (AvgIpc) is 2.25. The van der Waals surface area contributed by atoms with E-state index in [-0.39, 0.29) is 11.7 Å². The van der Waals surface area contributed by atoms with E-state index in [1.54, 1.807) is 19.1 Å². The van der Waals surface area contributed by atoms with Crippen molar-refractivity contribution < 1.29 is 14.6 Å². The first-order valence-corrected chi connectivity index (χ1v) is 5.33. The van der Waals surface area contributed by atoms with Crippen molar-refractivity contribution in [3.8, 4) is 5.75 Å². The van der Waals surface area contributed by atoms with E-state index in [1.807, 2.05) is 13.0 Å². The largest absolute Gasteiger partial charge is 0.508 e. The molecule has 0 aliphatic heterocycles. The van der Waals surface area contributed by atoms with Gasteiger partial charge in [-0.1, -0.05) is 6.07 Å². The Labute approximate surface area is 95.2 Å². The molecular formula is C12H17NO3. The Kier molecular flexibility index (Phi) is 4.64. The van der Waals surface area contributed by atoms with Crippen molar-refractivity contribution in [1.82, 2.24) is 0 Å². The molecule has 16 heavy (non-hydrogen) atoms. The topological polar surface area (TPSA) is 58.6 Å². The van der Waals surface area contributed by atoms with Gasteiger partial charge in [0.05, 0.1) is 13.0 Å². The summed E-state index contributed by atoms with van der Waals surface area (Å²) in [5.41, 5.74) is 1.62. The highest BCUT2D eigenvalue weighted by molar-refractivity contribution is 5.70. The highest BCUT2D eigenvalue weighted by Gasteiger charge is 2.04. The summed E-state index contributed by atoms with van der Waals surface area (Å²) in [6.07, 6.45) is 0.322. The van der Waals surface area contributed by atoms with E-state index in [1.165, 1.54) is 0 Å². The van der Waals surface area contributed by atoms with Gasteiger partial charge in [0.15, 0.2) is 0 Å². The molecule has 1 aromatic rings. The third-order valence-corrected chi connectivity index (χ3v) is 2.26. The molecule has 0 atom stereocenters. The minimum atomic E-state index is -0.215. The van der Waals surface area contributed by atoms with Gasteiger partial charge in [0.1, 0.15) is 5.75 Å². The SMILES string of the molecule is CCOC(=O)CCNc1cccc(O)c1C. The van der Waals surface area contributed by atoms with Gasteiger partial charge >= 0.3 is 5.97 Å². The molecule has 0 amide bonds. The lowest BCUT2D eigenvalue weighted by atomic mass is 10.2. The lowest BCUT2D eigenvalue weighted by Gasteiger charge is -2.09. The van der Waals surface area contributed by atoms with Gasteiger partial charge in [-0.15, -0.1) is 0 Å². The van der Waals surface area contributed by atoms with Crippen LogP contribution in [0.1, 0.15) is 18.9 Å². The number of esters is 1. The normalized spacial score (nSPS) is 9.88. The van der Waals surface area contributed by atoms with E-state index in [9.17, 15) is 9.90 Å². The summed E-state index contributed by atoms with van der Waals surface area (Å²) in [5, 5.41) is 12.5. The van der Waals surface area contributed by atoms with Crippen LogP contribution >= 0.6 is 0 Å². The van der Waals surface area contributed by atoms with Gasteiger partial charge in [0.25, 0.3) is 0 Å². The number of hydrogen-bond acceptors (Lipinski definition) is 4. The lowest BCUT2D eigenvalue weighted by molar-refractivity contribution is -0.142. The number of benzene rings is 1. The first-order valence-electron chi connectivity index (χ1n) is 5.33. The zero-order valence-electron chi connectivity index (χ0n) is 9.62. The molecule has 1 aromatic carbocycles. The van der Waals surface area contributed by atoms with Crippen LogP contribution in [0.4, 0.5) is 5.69 Å². The van der Waals surface area contributed by atoms with Crippen LogP contribution in [-0.4, -0.2) is 24.2 Å². The molecule has 0 aromatic heterocycles. The van der Waals surface area contributed by atoms with E-state index in [4.69, 9.17) is 4.74 Å². The van der Waals surface area contributed by atoms with Crippen molar-refractivity contribution in [1.29, 1.82) is 0 Å². The Bertz CT molecular complexity index is 363. The van der Waals surface area contributed by atoms with E-state index in [2.05, 4.69) is 5.32 Å². The molecule has 0 unspecified atom stereocenters. The van der Waals surface area contributed by atoms with Crippen molar-refractivity contribution in [3.05, 3.63) is 23.8 Å². The zero-order valence-corrected chi connectivity index (χ0v) is 9.62. The molecule has 2 N–H and O–H groups in total. The van der Waals surface area contributed by atoms with Gasteiger partial charge in [0.2, 0.25) is 0 Å². The third kappa shape index (κ3) is 3.46. The van der Waals surface area contributed by atoms with Crippen LogP contribution in [0.25, 0.3) is 0 Å². The van der Waals surface area contributed by atoms with Gasteiger partial charge in [-0.2, -0.15) is 0 Å². The van der Waals surface area contributed by atoms with Crippen LogP contribution in [0.5, 0.6) is 5.75 Å². The number of phenolic OH excluding ortho intramolecular Hbond substituents is 1. The molecule has 1 rings (SSSR count). The summed E-state index contributed by atoms with van der Waals surface area (Å²) in [6.45, 7) is 4.51. The fourth-order valence-corrected chi connectivity index (χ4v) is 1.35. The molecule has 0 saturated heterocycles. The van der Waals surface area contributed by atoms with Gasteiger partial charge in [0, 0.05) is 17.8 Å². The number of aromatic hydroxyl groups is 1. The minimum absolute atomic E-state index is 0.215. The number of carbonyl (C=O) groups excluding carboxylic acids is 1. The molecular weight excluding hydrogens is 206 g/mol. The Balaban J connectivity index is 2.43. The molecule has 4 heteroatoms. The maximum atomic E-state index is 11.1. The van der Waals surface area contributed by atoms with Crippen LogP contribution < -0.4 is 5.32 Å². The van der Waals surface area contributed by atoms with E-state index in [0.29, 0.717) is 19.6 Å². The highest BCUT2D eigenvalue weighted by atomic mass is 16.5. The van der Waals surface area contributed by atoms with Crippen molar-refractivity contribution in [3.63, 3.8) is 0 Å².